The minimum Gasteiger partial charge on any atom is -0.343 e. The summed E-state index contributed by atoms with van der Waals surface area (Å²) in [6.45, 7) is 5.91. The second-order valence-corrected chi connectivity index (χ2v) is 6.65. The standard InChI is InChI=1S/C16H22N2O2/c1-9(2)13(19)8-11-14(12-5-4-10(3)17-12)15(20)18-16(11)6-7-16/h9-10H,4-8H2,1-3H3,(H,18,20)/t10-/m0/s1. The zero-order valence-corrected chi connectivity index (χ0v) is 12.5. The summed E-state index contributed by atoms with van der Waals surface area (Å²) in [6.07, 6.45) is 4.20. The van der Waals surface area contributed by atoms with Crippen molar-refractivity contribution in [1.82, 2.24) is 5.32 Å². The van der Waals surface area contributed by atoms with Crippen molar-refractivity contribution in [3.8, 4) is 0 Å². The predicted octanol–water partition coefficient (Wildman–Crippen LogP) is 2.18. The first-order valence-corrected chi connectivity index (χ1v) is 7.59. The van der Waals surface area contributed by atoms with Crippen LogP contribution in [0.1, 0.15) is 52.9 Å². The van der Waals surface area contributed by atoms with Gasteiger partial charge in [-0.05, 0) is 38.2 Å². The Morgan fingerprint density at radius 3 is 2.65 bits per heavy atom. The van der Waals surface area contributed by atoms with E-state index in [-0.39, 0.29) is 23.1 Å². The van der Waals surface area contributed by atoms with Gasteiger partial charge in [0.2, 0.25) is 0 Å². The Morgan fingerprint density at radius 1 is 1.45 bits per heavy atom. The van der Waals surface area contributed by atoms with E-state index >= 15 is 0 Å². The van der Waals surface area contributed by atoms with Crippen LogP contribution >= 0.6 is 0 Å². The van der Waals surface area contributed by atoms with E-state index < -0.39 is 0 Å². The third-order valence-corrected chi connectivity index (χ3v) is 4.67. The van der Waals surface area contributed by atoms with Crippen molar-refractivity contribution in [1.29, 1.82) is 0 Å². The Bertz CT molecular complexity index is 539. The van der Waals surface area contributed by atoms with Crippen LogP contribution in [0.4, 0.5) is 0 Å². The number of ketones is 1. The summed E-state index contributed by atoms with van der Waals surface area (Å²) >= 11 is 0. The largest absolute Gasteiger partial charge is 0.343 e. The van der Waals surface area contributed by atoms with E-state index in [1.807, 2.05) is 13.8 Å². The van der Waals surface area contributed by atoms with Crippen LogP contribution in [-0.2, 0) is 9.59 Å². The molecule has 3 rings (SSSR count). The highest BCUT2D eigenvalue weighted by atomic mass is 16.2. The van der Waals surface area contributed by atoms with Crippen LogP contribution in [0.5, 0.6) is 0 Å². The second kappa shape index (κ2) is 4.54. The second-order valence-electron chi connectivity index (χ2n) is 6.65. The Hall–Kier alpha value is -1.45. The molecule has 20 heavy (non-hydrogen) atoms. The van der Waals surface area contributed by atoms with Gasteiger partial charge in [-0.1, -0.05) is 13.8 Å². The summed E-state index contributed by atoms with van der Waals surface area (Å²) in [4.78, 5) is 29.1. The molecule has 1 saturated carbocycles. The summed E-state index contributed by atoms with van der Waals surface area (Å²) in [5.74, 6) is 0.216. The molecule has 108 valence electrons. The van der Waals surface area contributed by atoms with Gasteiger partial charge in [-0.2, -0.15) is 0 Å². The summed E-state index contributed by atoms with van der Waals surface area (Å²) in [5.41, 5.74) is 2.48. The molecular weight excluding hydrogens is 252 g/mol. The molecule has 2 heterocycles. The first-order chi connectivity index (χ1) is 9.43. The number of hydrogen-bond acceptors (Lipinski definition) is 3. The minimum absolute atomic E-state index is 0.0121. The Balaban J connectivity index is 1.98. The number of nitrogens with zero attached hydrogens (tertiary/aromatic N) is 1. The molecule has 2 aliphatic heterocycles. The topological polar surface area (TPSA) is 58.5 Å². The predicted molar refractivity (Wildman–Crippen MR) is 77.7 cm³/mol. The molecule has 1 amide bonds. The number of aliphatic imine (C=N–C) groups is 1. The van der Waals surface area contributed by atoms with Crippen LogP contribution in [-0.4, -0.2) is 29.0 Å². The maximum Gasteiger partial charge on any atom is 0.253 e. The van der Waals surface area contributed by atoms with E-state index in [9.17, 15) is 9.59 Å². The molecule has 0 saturated heterocycles. The van der Waals surface area contributed by atoms with Crippen LogP contribution in [0.25, 0.3) is 0 Å². The molecule has 0 aromatic rings. The molecule has 0 aromatic carbocycles. The lowest BCUT2D eigenvalue weighted by molar-refractivity contribution is -0.121. The molecule has 0 radical (unpaired) electrons. The number of nitrogens with one attached hydrogen (secondary N) is 1. The normalized spacial score (nSPS) is 27.3. The minimum atomic E-state index is -0.203. The van der Waals surface area contributed by atoms with E-state index in [1.165, 1.54) is 0 Å². The molecule has 1 N–H and O–H groups in total. The molecule has 4 nitrogen and oxygen atoms in total. The molecule has 1 fully saturated rings. The third kappa shape index (κ3) is 2.11. The number of hydrogen-bond donors (Lipinski definition) is 1. The van der Waals surface area contributed by atoms with Crippen molar-refractivity contribution in [2.45, 2.75) is 64.5 Å². The fraction of sp³-hybridized carbons (Fsp3) is 0.688. The van der Waals surface area contributed by atoms with Gasteiger partial charge in [0.15, 0.2) is 0 Å². The molecule has 4 heteroatoms. The van der Waals surface area contributed by atoms with Crippen LogP contribution < -0.4 is 5.32 Å². The van der Waals surface area contributed by atoms with Crippen molar-refractivity contribution in [2.24, 2.45) is 10.9 Å². The van der Waals surface area contributed by atoms with Crippen molar-refractivity contribution in [3.05, 3.63) is 11.1 Å². The summed E-state index contributed by atoms with van der Waals surface area (Å²) in [7, 11) is 0. The van der Waals surface area contributed by atoms with Gasteiger partial charge in [0.05, 0.1) is 11.1 Å². The van der Waals surface area contributed by atoms with Gasteiger partial charge in [0, 0.05) is 24.1 Å². The molecule has 0 aromatic heterocycles. The quantitative estimate of drug-likeness (QED) is 0.854. The van der Waals surface area contributed by atoms with E-state index in [1.54, 1.807) is 0 Å². The fourth-order valence-electron chi connectivity index (χ4n) is 3.15. The fourth-order valence-corrected chi connectivity index (χ4v) is 3.15. The Labute approximate surface area is 119 Å². The smallest absolute Gasteiger partial charge is 0.253 e. The van der Waals surface area contributed by atoms with Crippen molar-refractivity contribution in [3.63, 3.8) is 0 Å². The number of Topliss-reactive ketones (excluding diaryl/α,β-unsaturated/α-hetero) is 1. The summed E-state index contributed by atoms with van der Waals surface area (Å²) < 4.78 is 0. The highest BCUT2D eigenvalue weighted by Gasteiger charge is 2.54. The van der Waals surface area contributed by atoms with Gasteiger partial charge in [-0.25, -0.2) is 0 Å². The third-order valence-electron chi connectivity index (χ3n) is 4.67. The number of carbonyl (C=O) groups is 2. The highest BCUT2D eigenvalue weighted by molar-refractivity contribution is 6.25. The number of amides is 1. The average Bonchev–Trinajstić information content (AvgIpc) is 2.94. The average molecular weight is 274 g/mol. The first kappa shape index (κ1) is 13.5. The highest BCUT2D eigenvalue weighted by Crippen LogP contribution is 2.49. The molecule has 0 bridgehead atoms. The van der Waals surface area contributed by atoms with Crippen molar-refractivity contribution in [2.75, 3.05) is 0 Å². The molecule has 0 unspecified atom stereocenters. The van der Waals surface area contributed by atoms with Gasteiger partial charge in [0.25, 0.3) is 5.91 Å². The zero-order chi connectivity index (χ0) is 14.5. The van der Waals surface area contributed by atoms with Crippen LogP contribution in [0.3, 0.4) is 0 Å². The summed E-state index contributed by atoms with van der Waals surface area (Å²) in [5, 5.41) is 3.09. The Kier molecular flexibility index (Phi) is 3.07. The van der Waals surface area contributed by atoms with Crippen LogP contribution in [0.2, 0.25) is 0 Å². The van der Waals surface area contributed by atoms with Gasteiger partial charge in [0.1, 0.15) is 5.78 Å². The maximum atomic E-state index is 12.3. The van der Waals surface area contributed by atoms with Gasteiger partial charge in [-0.15, -0.1) is 0 Å². The van der Waals surface area contributed by atoms with Crippen LogP contribution in [0, 0.1) is 5.92 Å². The van der Waals surface area contributed by atoms with Gasteiger partial charge >= 0.3 is 0 Å². The molecule has 1 spiro atoms. The lowest BCUT2D eigenvalue weighted by Gasteiger charge is -2.14. The Morgan fingerprint density at radius 2 is 2.15 bits per heavy atom. The lowest BCUT2D eigenvalue weighted by Crippen LogP contribution is -2.31. The van der Waals surface area contributed by atoms with E-state index in [0.29, 0.717) is 12.5 Å². The molecule has 1 aliphatic carbocycles. The van der Waals surface area contributed by atoms with Gasteiger partial charge < -0.3 is 5.32 Å². The molecular formula is C16H22N2O2. The van der Waals surface area contributed by atoms with E-state index in [2.05, 4.69) is 17.2 Å². The lowest BCUT2D eigenvalue weighted by atomic mass is 9.91. The SMILES string of the molecule is CC(C)C(=O)CC1=C(C2=N[C@@H](C)CC2)C(=O)NC12CC2. The van der Waals surface area contributed by atoms with E-state index in [4.69, 9.17) is 0 Å². The van der Waals surface area contributed by atoms with Gasteiger partial charge in [-0.3, -0.25) is 14.6 Å². The summed E-state index contributed by atoms with van der Waals surface area (Å²) in [6, 6.07) is 0.295. The first-order valence-electron chi connectivity index (χ1n) is 7.59. The van der Waals surface area contributed by atoms with Crippen LogP contribution in [0.15, 0.2) is 16.1 Å². The molecule has 3 aliphatic rings. The number of carbonyl (C=O) groups excluding carboxylic acids is 2. The molecule has 1 atom stereocenters. The van der Waals surface area contributed by atoms with E-state index in [0.717, 1.165) is 42.5 Å². The zero-order valence-electron chi connectivity index (χ0n) is 12.5. The van der Waals surface area contributed by atoms with Crippen molar-refractivity contribution >= 4 is 17.4 Å². The number of rotatable bonds is 4. The van der Waals surface area contributed by atoms with Crippen molar-refractivity contribution < 1.29 is 9.59 Å². The monoisotopic (exact) mass is 274 g/mol. The maximum absolute atomic E-state index is 12.3.